The standard InChI is InChI=1S/C12H12N4O4S/c1-8-5-6-14-7-10(8)15-21(19,20)11-4-2-3-9(13)12(11)16(17)18/h2-7,15H,13H2,1H3. The van der Waals surface area contributed by atoms with E-state index in [-0.39, 0.29) is 11.4 Å². The average molecular weight is 308 g/mol. The molecule has 0 aliphatic rings. The number of benzene rings is 1. The van der Waals surface area contributed by atoms with Crippen molar-refractivity contribution in [2.45, 2.75) is 11.8 Å². The fourth-order valence-corrected chi connectivity index (χ4v) is 3.04. The fraction of sp³-hybridized carbons (Fsp3) is 0.0833. The monoisotopic (exact) mass is 308 g/mol. The number of anilines is 2. The van der Waals surface area contributed by atoms with Gasteiger partial charge in [-0.1, -0.05) is 6.07 Å². The van der Waals surface area contributed by atoms with E-state index in [1.54, 1.807) is 13.0 Å². The number of aryl methyl sites for hydroxylation is 1. The molecule has 110 valence electrons. The Labute approximate surface area is 120 Å². The molecule has 21 heavy (non-hydrogen) atoms. The van der Waals surface area contributed by atoms with Crippen LogP contribution in [0.15, 0.2) is 41.6 Å². The number of nitrogens with two attached hydrogens (primary N) is 1. The zero-order valence-electron chi connectivity index (χ0n) is 11.0. The first kappa shape index (κ1) is 14.7. The number of nitro groups is 1. The van der Waals surface area contributed by atoms with Crippen LogP contribution >= 0.6 is 0 Å². The van der Waals surface area contributed by atoms with E-state index in [1.807, 2.05) is 0 Å². The summed E-state index contributed by atoms with van der Waals surface area (Å²) in [6.45, 7) is 1.69. The van der Waals surface area contributed by atoms with E-state index in [0.29, 0.717) is 5.56 Å². The molecule has 0 fully saturated rings. The van der Waals surface area contributed by atoms with Gasteiger partial charge in [0.25, 0.3) is 10.0 Å². The third kappa shape index (κ3) is 2.92. The van der Waals surface area contributed by atoms with E-state index in [0.717, 1.165) is 6.07 Å². The van der Waals surface area contributed by atoms with E-state index in [9.17, 15) is 18.5 Å². The zero-order valence-corrected chi connectivity index (χ0v) is 11.8. The second-order valence-electron chi connectivity index (χ2n) is 4.25. The molecule has 0 spiro atoms. The van der Waals surface area contributed by atoms with Crippen molar-refractivity contribution < 1.29 is 13.3 Å². The van der Waals surface area contributed by atoms with E-state index < -0.39 is 25.5 Å². The van der Waals surface area contributed by atoms with Gasteiger partial charge in [0.15, 0.2) is 4.90 Å². The second kappa shape index (κ2) is 5.37. The molecule has 0 radical (unpaired) electrons. The minimum atomic E-state index is -4.15. The lowest BCUT2D eigenvalue weighted by Crippen LogP contribution is -2.16. The lowest BCUT2D eigenvalue weighted by atomic mass is 10.3. The van der Waals surface area contributed by atoms with Crippen LogP contribution in [0.1, 0.15) is 5.56 Å². The van der Waals surface area contributed by atoms with Crippen LogP contribution < -0.4 is 10.5 Å². The third-order valence-electron chi connectivity index (χ3n) is 2.79. The van der Waals surface area contributed by atoms with Gasteiger partial charge in [-0.15, -0.1) is 0 Å². The normalized spacial score (nSPS) is 11.1. The van der Waals surface area contributed by atoms with Crippen molar-refractivity contribution >= 4 is 27.1 Å². The molecule has 0 aliphatic heterocycles. The third-order valence-corrected chi connectivity index (χ3v) is 4.18. The van der Waals surface area contributed by atoms with Gasteiger partial charge in [-0.3, -0.25) is 19.8 Å². The predicted molar refractivity (Wildman–Crippen MR) is 77.3 cm³/mol. The predicted octanol–water partition coefficient (Wildman–Crippen LogP) is 1.68. The Bertz CT molecular complexity index is 805. The maximum absolute atomic E-state index is 12.3. The molecule has 0 aliphatic carbocycles. The van der Waals surface area contributed by atoms with E-state index in [2.05, 4.69) is 9.71 Å². The van der Waals surface area contributed by atoms with Gasteiger partial charge in [-0.2, -0.15) is 0 Å². The lowest BCUT2D eigenvalue weighted by molar-refractivity contribution is -0.386. The molecule has 2 rings (SSSR count). The van der Waals surface area contributed by atoms with Crippen LogP contribution in [0.5, 0.6) is 0 Å². The largest absolute Gasteiger partial charge is 0.393 e. The molecule has 1 heterocycles. The number of nitro benzene ring substituents is 1. The number of hydrogen-bond donors (Lipinski definition) is 2. The average Bonchev–Trinajstić information content (AvgIpc) is 2.40. The number of sulfonamides is 1. The Morgan fingerprint density at radius 2 is 2.05 bits per heavy atom. The zero-order chi connectivity index (χ0) is 15.6. The van der Waals surface area contributed by atoms with E-state index >= 15 is 0 Å². The molecular weight excluding hydrogens is 296 g/mol. The molecule has 0 atom stereocenters. The highest BCUT2D eigenvalue weighted by Gasteiger charge is 2.28. The molecule has 1 aromatic carbocycles. The van der Waals surface area contributed by atoms with Gasteiger partial charge in [0.2, 0.25) is 0 Å². The topological polar surface area (TPSA) is 128 Å². The first-order valence-electron chi connectivity index (χ1n) is 5.79. The quantitative estimate of drug-likeness (QED) is 0.502. The molecule has 0 unspecified atom stereocenters. The summed E-state index contributed by atoms with van der Waals surface area (Å²) < 4.78 is 26.9. The minimum absolute atomic E-state index is 0.217. The number of para-hydroxylation sites is 1. The number of hydrogen-bond acceptors (Lipinski definition) is 6. The molecule has 3 N–H and O–H groups in total. The van der Waals surface area contributed by atoms with Gasteiger partial charge in [-0.25, -0.2) is 8.42 Å². The lowest BCUT2D eigenvalue weighted by Gasteiger charge is -2.10. The van der Waals surface area contributed by atoms with Crippen LogP contribution in [-0.2, 0) is 10.0 Å². The second-order valence-corrected chi connectivity index (χ2v) is 5.90. The fourth-order valence-electron chi connectivity index (χ4n) is 1.72. The molecule has 0 saturated carbocycles. The maximum Gasteiger partial charge on any atom is 0.312 e. The van der Waals surface area contributed by atoms with Gasteiger partial charge in [0, 0.05) is 6.20 Å². The molecule has 8 nitrogen and oxygen atoms in total. The minimum Gasteiger partial charge on any atom is -0.393 e. The Morgan fingerprint density at radius 3 is 2.67 bits per heavy atom. The van der Waals surface area contributed by atoms with Gasteiger partial charge in [0.1, 0.15) is 5.69 Å². The summed E-state index contributed by atoms with van der Waals surface area (Å²) in [5.74, 6) is 0. The van der Waals surface area contributed by atoms with Crippen LogP contribution in [0.3, 0.4) is 0 Å². The van der Waals surface area contributed by atoms with Crippen LogP contribution in [0.2, 0.25) is 0 Å². The number of nitrogens with zero attached hydrogens (tertiary/aromatic N) is 2. The maximum atomic E-state index is 12.3. The van der Waals surface area contributed by atoms with Gasteiger partial charge < -0.3 is 5.73 Å². The summed E-state index contributed by atoms with van der Waals surface area (Å²) in [6.07, 6.45) is 2.83. The Balaban J connectivity index is 2.53. The highest BCUT2D eigenvalue weighted by Crippen LogP contribution is 2.31. The summed E-state index contributed by atoms with van der Waals surface area (Å²) in [6, 6.07) is 5.35. The number of aromatic nitrogens is 1. The molecule has 0 amide bonds. The SMILES string of the molecule is Cc1ccncc1NS(=O)(=O)c1cccc(N)c1[N+](=O)[O-]. The summed E-state index contributed by atoms with van der Waals surface area (Å²) in [5, 5.41) is 11.0. The van der Waals surface area contributed by atoms with Crippen LogP contribution in [0.4, 0.5) is 17.1 Å². The van der Waals surface area contributed by atoms with Crippen LogP contribution in [-0.4, -0.2) is 18.3 Å². The Hall–Kier alpha value is -2.68. The summed E-state index contributed by atoms with van der Waals surface area (Å²) in [4.78, 5) is 13.5. The molecule has 0 saturated heterocycles. The number of rotatable bonds is 4. The molecule has 0 bridgehead atoms. The smallest absolute Gasteiger partial charge is 0.312 e. The van der Waals surface area contributed by atoms with E-state index in [4.69, 9.17) is 5.73 Å². The molecule has 2 aromatic rings. The highest BCUT2D eigenvalue weighted by molar-refractivity contribution is 7.92. The first-order chi connectivity index (χ1) is 9.83. The molecule has 1 aromatic heterocycles. The summed E-state index contributed by atoms with van der Waals surface area (Å²) >= 11 is 0. The summed E-state index contributed by atoms with van der Waals surface area (Å²) in [7, 11) is -4.15. The Morgan fingerprint density at radius 1 is 1.33 bits per heavy atom. The summed E-state index contributed by atoms with van der Waals surface area (Å²) in [5.41, 5.74) is 5.52. The van der Waals surface area contributed by atoms with Crippen molar-refractivity contribution in [1.29, 1.82) is 0 Å². The van der Waals surface area contributed by atoms with Gasteiger partial charge >= 0.3 is 5.69 Å². The van der Waals surface area contributed by atoms with Gasteiger partial charge in [-0.05, 0) is 30.7 Å². The molecular formula is C12H12N4O4S. The Kier molecular flexibility index (Phi) is 3.76. The molecule has 9 heteroatoms. The first-order valence-corrected chi connectivity index (χ1v) is 7.27. The van der Waals surface area contributed by atoms with E-state index in [1.165, 1.54) is 24.5 Å². The van der Waals surface area contributed by atoms with Crippen molar-refractivity contribution in [1.82, 2.24) is 4.98 Å². The van der Waals surface area contributed by atoms with Gasteiger partial charge in [0.05, 0.1) is 16.8 Å². The number of nitrogens with one attached hydrogen (secondary N) is 1. The van der Waals surface area contributed by atoms with Crippen molar-refractivity contribution in [2.75, 3.05) is 10.5 Å². The highest BCUT2D eigenvalue weighted by atomic mass is 32.2. The van der Waals surface area contributed by atoms with Crippen molar-refractivity contribution in [3.63, 3.8) is 0 Å². The number of pyridine rings is 1. The van der Waals surface area contributed by atoms with Crippen molar-refractivity contribution in [3.8, 4) is 0 Å². The number of nitrogen functional groups attached to an aromatic ring is 1. The van der Waals surface area contributed by atoms with Crippen LogP contribution in [0, 0.1) is 17.0 Å². The van der Waals surface area contributed by atoms with Crippen LogP contribution in [0.25, 0.3) is 0 Å². The van der Waals surface area contributed by atoms with Crippen molar-refractivity contribution in [2.24, 2.45) is 0 Å². The van der Waals surface area contributed by atoms with Crippen molar-refractivity contribution in [3.05, 3.63) is 52.3 Å².